The highest BCUT2D eigenvalue weighted by Crippen LogP contribution is 2.37. The lowest BCUT2D eigenvalue weighted by Crippen LogP contribution is -2.57. The first-order valence-electron chi connectivity index (χ1n) is 6.34. The Morgan fingerprint density at radius 3 is 2.71 bits per heavy atom. The molecule has 92 valence electrons. The standard InChI is InChI=1S/C14H19NO2/c15-7-13(16)14(8-17-9-14)12-5-4-10-2-1-3-11(10)6-12/h4-6,13,16H,1-3,7-9,15H2. The van der Waals surface area contributed by atoms with Crippen LogP contribution in [0, 0.1) is 0 Å². The second-order valence-corrected chi connectivity index (χ2v) is 5.24. The first kappa shape index (κ1) is 11.2. The lowest BCUT2D eigenvalue weighted by atomic mass is 9.73. The van der Waals surface area contributed by atoms with Gasteiger partial charge in [-0.15, -0.1) is 0 Å². The molecule has 3 nitrogen and oxygen atoms in total. The summed E-state index contributed by atoms with van der Waals surface area (Å²) in [5, 5.41) is 10.1. The van der Waals surface area contributed by atoms with E-state index in [1.54, 1.807) is 0 Å². The molecule has 1 atom stereocenters. The van der Waals surface area contributed by atoms with Crippen LogP contribution in [0.25, 0.3) is 0 Å². The van der Waals surface area contributed by atoms with Crippen LogP contribution < -0.4 is 5.73 Å². The van der Waals surface area contributed by atoms with Gasteiger partial charge in [-0.3, -0.25) is 0 Å². The number of aliphatic hydroxyl groups excluding tert-OH is 1. The van der Waals surface area contributed by atoms with Crippen LogP contribution in [0.3, 0.4) is 0 Å². The van der Waals surface area contributed by atoms with Crippen molar-refractivity contribution in [3.8, 4) is 0 Å². The number of fused-ring (bicyclic) bond motifs is 1. The monoisotopic (exact) mass is 233 g/mol. The van der Waals surface area contributed by atoms with Crippen LogP contribution in [-0.2, 0) is 23.0 Å². The zero-order chi connectivity index (χ0) is 11.9. The Labute approximate surface area is 102 Å². The van der Waals surface area contributed by atoms with Gasteiger partial charge in [0.1, 0.15) is 0 Å². The third kappa shape index (κ3) is 1.61. The molecule has 3 rings (SSSR count). The summed E-state index contributed by atoms with van der Waals surface area (Å²) in [5.41, 5.74) is 9.46. The lowest BCUT2D eigenvalue weighted by molar-refractivity contribution is -0.116. The minimum Gasteiger partial charge on any atom is -0.391 e. The Morgan fingerprint density at radius 1 is 1.29 bits per heavy atom. The highest BCUT2D eigenvalue weighted by molar-refractivity contribution is 5.40. The van der Waals surface area contributed by atoms with Crippen molar-refractivity contribution in [2.75, 3.05) is 19.8 Å². The molecule has 1 aromatic rings. The van der Waals surface area contributed by atoms with E-state index in [1.165, 1.54) is 36.0 Å². The van der Waals surface area contributed by atoms with Gasteiger partial charge < -0.3 is 15.6 Å². The normalized spacial score (nSPS) is 22.9. The largest absolute Gasteiger partial charge is 0.391 e. The van der Waals surface area contributed by atoms with Gasteiger partial charge in [0.15, 0.2) is 0 Å². The maximum Gasteiger partial charge on any atom is 0.0803 e. The molecule has 0 spiro atoms. The molecule has 0 aromatic heterocycles. The third-order valence-electron chi connectivity index (χ3n) is 4.25. The fourth-order valence-corrected chi connectivity index (χ4v) is 2.98. The van der Waals surface area contributed by atoms with E-state index < -0.39 is 6.10 Å². The molecule has 1 heterocycles. The van der Waals surface area contributed by atoms with Gasteiger partial charge in [-0.1, -0.05) is 18.2 Å². The van der Waals surface area contributed by atoms with Crippen LogP contribution in [0.2, 0.25) is 0 Å². The maximum atomic E-state index is 10.1. The van der Waals surface area contributed by atoms with Crippen LogP contribution in [0.4, 0.5) is 0 Å². The van der Waals surface area contributed by atoms with Crippen molar-refractivity contribution in [1.82, 2.24) is 0 Å². The summed E-state index contributed by atoms with van der Waals surface area (Å²) >= 11 is 0. The quantitative estimate of drug-likeness (QED) is 0.810. The molecule has 1 aliphatic heterocycles. The summed E-state index contributed by atoms with van der Waals surface area (Å²) in [5.74, 6) is 0. The van der Waals surface area contributed by atoms with Crippen molar-refractivity contribution < 1.29 is 9.84 Å². The van der Waals surface area contributed by atoms with Gasteiger partial charge in [-0.2, -0.15) is 0 Å². The topological polar surface area (TPSA) is 55.5 Å². The Hall–Kier alpha value is -0.900. The lowest BCUT2D eigenvalue weighted by Gasteiger charge is -2.45. The van der Waals surface area contributed by atoms with Crippen molar-refractivity contribution in [3.63, 3.8) is 0 Å². The molecule has 1 unspecified atom stereocenters. The van der Waals surface area contributed by atoms with Gasteiger partial charge in [-0.05, 0) is 36.0 Å². The van der Waals surface area contributed by atoms with Crippen LogP contribution in [0.15, 0.2) is 18.2 Å². The molecule has 17 heavy (non-hydrogen) atoms. The van der Waals surface area contributed by atoms with E-state index in [9.17, 15) is 5.11 Å². The van der Waals surface area contributed by atoms with Crippen molar-refractivity contribution in [1.29, 1.82) is 0 Å². The molecule has 0 amide bonds. The van der Waals surface area contributed by atoms with Crippen molar-refractivity contribution in [2.24, 2.45) is 5.73 Å². The number of hydrogen-bond donors (Lipinski definition) is 2. The van der Waals surface area contributed by atoms with Crippen LogP contribution in [0.5, 0.6) is 0 Å². The van der Waals surface area contributed by atoms with Crippen LogP contribution >= 0.6 is 0 Å². The van der Waals surface area contributed by atoms with Crippen molar-refractivity contribution in [3.05, 3.63) is 34.9 Å². The smallest absolute Gasteiger partial charge is 0.0803 e. The Morgan fingerprint density at radius 2 is 2.06 bits per heavy atom. The average Bonchev–Trinajstić information content (AvgIpc) is 2.74. The zero-order valence-electron chi connectivity index (χ0n) is 9.98. The maximum absolute atomic E-state index is 10.1. The van der Waals surface area contributed by atoms with Crippen LogP contribution in [0.1, 0.15) is 23.1 Å². The number of benzene rings is 1. The summed E-state index contributed by atoms with van der Waals surface area (Å²) < 4.78 is 5.32. The first-order chi connectivity index (χ1) is 8.26. The van der Waals surface area contributed by atoms with Crippen molar-refractivity contribution >= 4 is 0 Å². The van der Waals surface area contributed by atoms with Gasteiger partial charge in [-0.25, -0.2) is 0 Å². The van der Waals surface area contributed by atoms with Gasteiger partial charge in [0.05, 0.1) is 24.7 Å². The fourth-order valence-electron chi connectivity index (χ4n) is 2.98. The molecule has 0 saturated carbocycles. The van der Waals surface area contributed by atoms with Crippen molar-refractivity contribution in [2.45, 2.75) is 30.8 Å². The highest BCUT2D eigenvalue weighted by atomic mass is 16.5. The summed E-state index contributed by atoms with van der Waals surface area (Å²) in [6.45, 7) is 1.47. The van der Waals surface area contributed by atoms with E-state index in [1.807, 2.05) is 0 Å². The number of ether oxygens (including phenoxy) is 1. The Balaban J connectivity index is 1.97. The Bertz CT molecular complexity index is 426. The number of aliphatic hydroxyl groups is 1. The number of aryl methyl sites for hydroxylation is 2. The second-order valence-electron chi connectivity index (χ2n) is 5.24. The second kappa shape index (κ2) is 4.09. The van der Waals surface area contributed by atoms with E-state index in [4.69, 9.17) is 10.5 Å². The molecular weight excluding hydrogens is 214 g/mol. The summed E-state index contributed by atoms with van der Waals surface area (Å²) in [7, 11) is 0. The van der Waals surface area contributed by atoms with E-state index in [0.717, 1.165) is 0 Å². The predicted molar refractivity (Wildman–Crippen MR) is 66.0 cm³/mol. The number of hydrogen-bond acceptors (Lipinski definition) is 3. The predicted octanol–water partition coefficient (Wildman–Crippen LogP) is 0.763. The molecule has 1 saturated heterocycles. The van der Waals surface area contributed by atoms with E-state index in [0.29, 0.717) is 19.8 Å². The zero-order valence-corrected chi connectivity index (χ0v) is 9.98. The van der Waals surface area contributed by atoms with E-state index in [-0.39, 0.29) is 5.41 Å². The number of rotatable bonds is 3. The molecule has 0 bridgehead atoms. The summed E-state index contributed by atoms with van der Waals surface area (Å²) in [4.78, 5) is 0. The van der Waals surface area contributed by atoms with Gasteiger partial charge in [0, 0.05) is 6.54 Å². The average molecular weight is 233 g/mol. The fraction of sp³-hybridized carbons (Fsp3) is 0.571. The Kier molecular flexibility index (Phi) is 2.69. The van der Waals surface area contributed by atoms with Gasteiger partial charge in [0.2, 0.25) is 0 Å². The highest BCUT2D eigenvalue weighted by Gasteiger charge is 2.46. The molecule has 1 aromatic carbocycles. The SMILES string of the molecule is NCC(O)C1(c2ccc3c(c2)CCC3)COC1. The molecule has 2 aliphatic rings. The molecule has 3 N–H and O–H groups in total. The molecular formula is C14H19NO2. The first-order valence-corrected chi connectivity index (χ1v) is 6.34. The summed E-state index contributed by atoms with van der Waals surface area (Å²) in [6, 6.07) is 6.61. The number of nitrogens with two attached hydrogens (primary N) is 1. The van der Waals surface area contributed by atoms with Crippen LogP contribution in [-0.4, -0.2) is 31.0 Å². The minimum atomic E-state index is -0.504. The van der Waals surface area contributed by atoms with E-state index >= 15 is 0 Å². The van der Waals surface area contributed by atoms with Gasteiger partial charge >= 0.3 is 0 Å². The van der Waals surface area contributed by atoms with E-state index in [2.05, 4.69) is 18.2 Å². The minimum absolute atomic E-state index is 0.258. The third-order valence-corrected chi connectivity index (χ3v) is 4.25. The molecule has 1 aliphatic carbocycles. The summed E-state index contributed by atoms with van der Waals surface area (Å²) in [6.07, 6.45) is 3.11. The molecule has 3 heteroatoms. The molecule has 1 fully saturated rings. The van der Waals surface area contributed by atoms with Gasteiger partial charge in [0.25, 0.3) is 0 Å². The molecule has 0 radical (unpaired) electrons.